The third-order valence-corrected chi connectivity index (χ3v) is 3.47. The summed E-state index contributed by atoms with van der Waals surface area (Å²) in [5, 5.41) is 11.5. The van der Waals surface area contributed by atoms with Crippen LogP contribution in [0.2, 0.25) is 0 Å². The number of ether oxygens (including phenoxy) is 1. The van der Waals surface area contributed by atoms with Gasteiger partial charge in [-0.05, 0) is 6.07 Å². The Labute approximate surface area is 134 Å². The van der Waals surface area contributed by atoms with E-state index < -0.39 is 0 Å². The van der Waals surface area contributed by atoms with Crippen LogP contribution < -0.4 is 16.2 Å². The summed E-state index contributed by atoms with van der Waals surface area (Å²) < 4.78 is 6.20. The van der Waals surface area contributed by atoms with Crippen LogP contribution in [0, 0.1) is 0 Å². The molecule has 0 unspecified atom stereocenters. The Morgan fingerprint density at radius 3 is 2.70 bits per heavy atom. The average Bonchev–Trinajstić information content (AvgIpc) is 2.55. The van der Waals surface area contributed by atoms with E-state index in [1.165, 1.54) is 4.68 Å². The van der Waals surface area contributed by atoms with E-state index in [0.717, 1.165) is 11.9 Å². The molecule has 1 amide bonds. The van der Waals surface area contributed by atoms with E-state index in [2.05, 4.69) is 15.7 Å². The molecule has 1 heterocycles. The number of fused-ring (bicyclic) bond motifs is 1. The summed E-state index contributed by atoms with van der Waals surface area (Å²) in [5.74, 6) is -0.116. The van der Waals surface area contributed by atoms with Gasteiger partial charge in [-0.3, -0.25) is 9.59 Å². The number of methoxy groups -OCH3 is 1. The summed E-state index contributed by atoms with van der Waals surface area (Å²) in [5.41, 5.74) is 0.444. The number of nitrogens with one attached hydrogen (secondary N) is 2. The van der Waals surface area contributed by atoms with Crippen LogP contribution in [0.4, 0.5) is 0 Å². The van der Waals surface area contributed by atoms with Gasteiger partial charge in [0.15, 0.2) is 0 Å². The number of carbonyl (C=O) groups excluding carboxylic acids is 1. The molecular weight excluding hydrogens is 296 g/mol. The first-order chi connectivity index (χ1) is 11.1. The molecule has 0 atom stereocenters. The van der Waals surface area contributed by atoms with Crippen LogP contribution >= 0.6 is 0 Å². The monoisotopic (exact) mass is 318 g/mol. The molecule has 0 bridgehead atoms. The Morgan fingerprint density at radius 2 is 1.96 bits per heavy atom. The number of carbonyl (C=O) groups is 1. The molecule has 23 heavy (non-hydrogen) atoms. The molecule has 2 aromatic rings. The highest BCUT2D eigenvalue weighted by Gasteiger charge is 2.11. The molecule has 7 heteroatoms. The molecule has 0 saturated carbocycles. The van der Waals surface area contributed by atoms with Crippen molar-refractivity contribution in [1.29, 1.82) is 0 Å². The van der Waals surface area contributed by atoms with E-state index in [9.17, 15) is 9.59 Å². The van der Waals surface area contributed by atoms with Crippen molar-refractivity contribution in [3.63, 3.8) is 0 Å². The number of benzene rings is 1. The van der Waals surface area contributed by atoms with Crippen molar-refractivity contribution in [2.24, 2.45) is 7.05 Å². The van der Waals surface area contributed by atoms with Crippen LogP contribution in [0.1, 0.15) is 5.69 Å². The lowest BCUT2D eigenvalue weighted by molar-refractivity contribution is -0.120. The molecule has 124 valence electrons. The first-order valence-corrected chi connectivity index (χ1v) is 7.54. The van der Waals surface area contributed by atoms with Crippen molar-refractivity contribution >= 4 is 16.7 Å². The van der Waals surface area contributed by atoms with E-state index in [4.69, 9.17) is 4.74 Å². The molecule has 1 aromatic heterocycles. The summed E-state index contributed by atoms with van der Waals surface area (Å²) >= 11 is 0. The number of rotatable bonds is 8. The van der Waals surface area contributed by atoms with Crippen molar-refractivity contribution < 1.29 is 9.53 Å². The van der Waals surface area contributed by atoms with Crippen molar-refractivity contribution in [3.05, 3.63) is 40.3 Å². The van der Waals surface area contributed by atoms with Gasteiger partial charge in [0.1, 0.15) is 0 Å². The van der Waals surface area contributed by atoms with Crippen LogP contribution in [0.3, 0.4) is 0 Å². The maximum Gasteiger partial charge on any atom is 0.274 e. The Morgan fingerprint density at radius 1 is 1.22 bits per heavy atom. The lowest BCUT2D eigenvalue weighted by Crippen LogP contribution is -2.34. The predicted octanol–water partition coefficient (Wildman–Crippen LogP) is -0.172. The summed E-state index contributed by atoms with van der Waals surface area (Å²) in [6.45, 7) is 2.60. The molecule has 0 spiro atoms. The average molecular weight is 318 g/mol. The SMILES string of the molecule is COCCNCCNC(=O)Cc1nn(C)c(=O)c2ccccc12. The number of amides is 1. The molecule has 7 nitrogen and oxygen atoms in total. The molecule has 0 radical (unpaired) electrons. The molecule has 0 aliphatic heterocycles. The summed E-state index contributed by atoms with van der Waals surface area (Å²) in [6, 6.07) is 7.21. The van der Waals surface area contributed by atoms with Gasteiger partial charge in [-0.15, -0.1) is 0 Å². The van der Waals surface area contributed by atoms with Gasteiger partial charge in [0.25, 0.3) is 5.56 Å². The zero-order valence-electron chi connectivity index (χ0n) is 13.5. The third-order valence-electron chi connectivity index (χ3n) is 3.47. The molecule has 0 saturated heterocycles. The largest absolute Gasteiger partial charge is 0.383 e. The molecule has 2 N–H and O–H groups in total. The van der Waals surface area contributed by atoms with Gasteiger partial charge in [-0.2, -0.15) is 5.10 Å². The smallest absolute Gasteiger partial charge is 0.274 e. The van der Waals surface area contributed by atoms with Gasteiger partial charge in [0.2, 0.25) is 5.91 Å². The van der Waals surface area contributed by atoms with Crippen LogP contribution in [0.15, 0.2) is 29.1 Å². The van der Waals surface area contributed by atoms with E-state index in [1.807, 2.05) is 12.1 Å². The quantitative estimate of drug-likeness (QED) is 0.660. The lowest BCUT2D eigenvalue weighted by Gasteiger charge is -2.09. The van der Waals surface area contributed by atoms with Crippen molar-refractivity contribution in [1.82, 2.24) is 20.4 Å². The summed E-state index contributed by atoms with van der Waals surface area (Å²) in [6.07, 6.45) is 0.146. The van der Waals surface area contributed by atoms with E-state index >= 15 is 0 Å². The highest BCUT2D eigenvalue weighted by Crippen LogP contribution is 2.13. The fraction of sp³-hybridized carbons (Fsp3) is 0.438. The maximum absolute atomic E-state index is 12.1. The minimum Gasteiger partial charge on any atom is -0.383 e. The second-order valence-electron chi connectivity index (χ2n) is 5.19. The van der Waals surface area contributed by atoms with E-state index in [0.29, 0.717) is 30.8 Å². The van der Waals surface area contributed by atoms with Crippen LogP contribution in [-0.4, -0.2) is 49.0 Å². The van der Waals surface area contributed by atoms with Crippen molar-refractivity contribution in [2.45, 2.75) is 6.42 Å². The van der Waals surface area contributed by atoms with E-state index in [-0.39, 0.29) is 17.9 Å². The fourth-order valence-electron chi connectivity index (χ4n) is 2.31. The normalized spacial score (nSPS) is 10.9. The highest BCUT2D eigenvalue weighted by atomic mass is 16.5. The Bertz CT molecular complexity index is 727. The van der Waals surface area contributed by atoms with Crippen LogP contribution in [-0.2, 0) is 23.0 Å². The lowest BCUT2D eigenvalue weighted by atomic mass is 10.1. The molecule has 0 aliphatic carbocycles. The second-order valence-corrected chi connectivity index (χ2v) is 5.19. The zero-order valence-corrected chi connectivity index (χ0v) is 13.5. The maximum atomic E-state index is 12.1. The number of aromatic nitrogens is 2. The summed E-state index contributed by atoms with van der Waals surface area (Å²) in [7, 11) is 3.24. The van der Waals surface area contributed by atoms with Gasteiger partial charge < -0.3 is 15.4 Å². The van der Waals surface area contributed by atoms with Gasteiger partial charge in [-0.25, -0.2) is 4.68 Å². The first-order valence-electron chi connectivity index (χ1n) is 7.54. The van der Waals surface area contributed by atoms with Gasteiger partial charge in [-0.1, -0.05) is 18.2 Å². The molecule has 0 aliphatic rings. The highest BCUT2D eigenvalue weighted by molar-refractivity contribution is 5.88. The Kier molecular flexibility index (Phi) is 6.25. The zero-order chi connectivity index (χ0) is 16.7. The molecule has 2 rings (SSSR count). The van der Waals surface area contributed by atoms with Crippen LogP contribution in [0.5, 0.6) is 0 Å². The van der Waals surface area contributed by atoms with E-state index in [1.54, 1.807) is 26.3 Å². The minimum atomic E-state index is -0.160. The Balaban J connectivity index is 1.98. The number of hydrogen-bond acceptors (Lipinski definition) is 5. The fourth-order valence-corrected chi connectivity index (χ4v) is 2.31. The summed E-state index contributed by atoms with van der Waals surface area (Å²) in [4.78, 5) is 24.1. The predicted molar refractivity (Wildman–Crippen MR) is 88.4 cm³/mol. The number of aryl methyl sites for hydroxylation is 1. The molecule has 0 fully saturated rings. The standard InChI is InChI=1S/C16H22N4O3/c1-20-16(22)13-6-4-3-5-12(13)14(19-20)11-15(21)18-8-7-17-9-10-23-2/h3-6,17H,7-11H2,1-2H3,(H,18,21). The van der Waals surface area contributed by atoms with Crippen molar-refractivity contribution in [2.75, 3.05) is 33.4 Å². The van der Waals surface area contributed by atoms with Gasteiger partial charge >= 0.3 is 0 Å². The molecule has 1 aromatic carbocycles. The van der Waals surface area contributed by atoms with Crippen molar-refractivity contribution in [3.8, 4) is 0 Å². The van der Waals surface area contributed by atoms with Gasteiger partial charge in [0.05, 0.1) is 24.1 Å². The minimum absolute atomic E-state index is 0.116. The van der Waals surface area contributed by atoms with Gasteiger partial charge in [0, 0.05) is 39.2 Å². The second kappa shape index (κ2) is 8.40. The van der Waals surface area contributed by atoms with Crippen LogP contribution in [0.25, 0.3) is 10.8 Å². The third kappa shape index (κ3) is 4.61. The Hall–Kier alpha value is -2.25. The number of nitrogens with zero attached hydrogens (tertiary/aromatic N) is 2. The topological polar surface area (TPSA) is 85.2 Å². The first kappa shape index (κ1) is 17.1. The number of hydrogen-bond donors (Lipinski definition) is 2. The molecular formula is C16H22N4O3.